The molecular formula is C20H23N3O3. The molecule has 2 N–H and O–H groups in total. The first kappa shape index (κ1) is 18.1. The zero-order valence-electron chi connectivity index (χ0n) is 14.8. The second kappa shape index (κ2) is 8.10. The molecule has 2 heterocycles. The summed E-state index contributed by atoms with van der Waals surface area (Å²) in [7, 11) is 0. The highest BCUT2D eigenvalue weighted by atomic mass is 16.4. The van der Waals surface area contributed by atoms with E-state index >= 15 is 0 Å². The molecule has 0 spiro atoms. The Morgan fingerprint density at radius 3 is 2.85 bits per heavy atom. The van der Waals surface area contributed by atoms with Gasteiger partial charge in [0.1, 0.15) is 0 Å². The van der Waals surface area contributed by atoms with Crippen molar-refractivity contribution >= 4 is 11.9 Å². The van der Waals surface area contributed by atoms with Crippen LogP contribution in [-0.4, -0.2) is 33.4 Å². The molecule has 1 saturated heterocycles. The van der Waals surface area contributed by atoms with Gasteiger partial charge < -0.3 is 10.4 Å². The number of aromatic nitrogens is 1. The molecule has 0 unspecified atom stereocenters. The Balaban J connectivity index is 1.74. The minimum atomic E-state index is -0.905. The number of carboxylic acids is 1. The minimum Gasteiger partial charge on any atom is -0.478 e. The maximum absolute atomic E-state index is 11.2. The Kier molecular flexibility index (Phi) is 5.63. The van der Waals surface area contributed by atoms with Crippen LogP contribution in [-0.2, 0) is 17.9 Å². The van der Waals surface area contributed by atoms with E-state index < -0.39 is 5.97 Å². The molecule has 2 aromatic rings. The lowest BCUT2D eigenvalue weighted by Crippen LogP contribution is -2.24. The van der Waals surface area contributed by atoms with Gasteiger partial charge in [-0.2, -0.15) is 0 Å². The van der Waals surface area contributed by atoms with Crippen LogP contribution in [0.3, 0.4) is 0 Å². The molecule has 0 radical (unpaired) electrons. The maximum atomic E-state index is 11.2. The van der Waals surface area contributed by atoms with Crippen LogP contribution in [0.5, 0.6) is 0 Å². The molecule has 1 aromatic carbocycles. The standard InChI is InChI=1S/C20H23N3O3/c1-14(24)21-12-17-7-3-8-18(22-17)19-9-4-10-23(19)13-15-5-2-6-16(11-15)20(25)26/h2-3,5-8,11,19H,4,9-10,12-13H2,1H3,(H,21,24)(H,25,26)/t19-/m1/s1. The van der Waals surface area contributed by atoms with Crippen molar-refractivity contribution < 1.29 is 14.7 Å². The molecule has 26 heavy (non-hydrogen) atoms. The fourth-order valence-electron chi connectivity index (χ4n) is 3.38. The second-order valence-electron chi connectivity index (χ2n) is 6.60. The Morgan fingerprint density at radius 2 is 2.08 bits per heavy atom. The molecule has 1 amide bonds. The van der Waals surface area contributed by atoms with Crippen LogP contribution in [0.25, 0.3) is 0 Å². The summed E-state index contributed by atoms with van der Waals surface area (Å²) in [5.74, 6) is -0.977. The van der Waals surface area contributed by atoms with E-state index in [1.807, 2.05) is 24.3 Å². The topological polar surface area (TPSA) is 82.5 Å². The van der Waals surface area contributed by atoms with Crippen molar-refractivity contribution in [2.75, 3.05) is 6.54 Å². The normalized spacial score (nSPS) is 17.2. The van der Waals surface area contributed by atoms with Gasteiger partial charge in [0.05, 0.1) is 29.5 Å². The predicted octanol–water partition coefficient (Wildman–Crippen LogP) is 2.75. The fraction of sp³-hybridized carbons (Fsp3) is 0.350. The molecule has 6 nitrogen and oxygen atoms in total. The molecule has 3 rings (SSSR count). The summed E-state index contributed by atoms with van der Waals surface area (Å²) >= 11 is 0. The van der Waals surface area contributed by atoms with Gasteiger partial charge in [0, 0.05) is 13.5 Å². The van der Waals surface area contributed by atoms with E-state index in [2.05, 4.69) is 10.2 Å². The number of benzene rings is 1. The van der Waals surface area contributed by atoms with E-state index in [0.29, 0.717) is 18.7 Å². The van der Waals surface area contributed by atoms with E-state index in [4.69, 9.17) is 10.1 Å². The van der Waals surface area contributed by atoms with Gasteiger partial charge in [-0.3, -0.25) is 14.7 Å². The lowest BCUT2D eigenvalue weighted by molar-refractivity contribution is -0.119. The molecule has 1 atom stereocenters. The number of nitrogens with zero attached hydrogens (tertiary/aromatic N) is 2. The number of amides is 1. The minimum absolute atomic E-state index is 0.0713. The van der Waals surface area contributed by atoms with Gasteiger partial charge in [0.15, 0.2) is 0 Å². The Morgan fingerprint density at radius 1 is 1.27 bits per heavy atom. The van der Waals surface area contributed by atoms with Crippen LogP contribution < -0.4 is 5.32 Å². The van der Waals surface area contributed by atoms with Crippen molar-refractivity contribution in [3.05, 3.63) is 65.0 Å². The first-order valence-corrected chi connectivity index (χ1v) is 8.79. The quantitative estimate of drug-likeness (QED) is 0.834. The van der Waals surface area contributed by atoms with Crippen molar-refractivity contribution in [2.45, 2.75) is 38.9 Å². The average molecular weight is 353 g/mol. The summed E-state index contributed by atoms with van der Waals surface area (Å²) in [6.45, 7) is 3.58. The van der Waals surface area contributed by atoms with Crippen LogP contribution in [0.15, 0.2) is 42.5 Å². The number of rotatable bonds is 6. The van der Waals surface area contributed by atoms with Crippen LogP contribution in [0.4, 0.5) is 0 Å². The Hall–Kier alpha value is -2.73. The van der Waals surface area contributed by atoms with Crippen LogP contribution >= 0.6 is 0 Å². The first-order chi connectivity index (χ1) is 12.5. The Labute approximate surface area is 152 Å². The maximum Gasteiger partial charge on any atom is 0.335 e. The molecule has 0 saturated carbocycles. The molecule has 1 aliphatic heterocycles. The Bertz CT molecular complexity index is 806. The smallest absolute Gasteiger partial charge is 0.335 e. The molecular weight excluding hydrogens is 330 g/mol. The van der Waals surface area contributed by atoms with Crippen molar-refractivity contribution in [1.82, 2.24) is 15.2 Å². The van der Waals surface area contributed by atoms with E-state index in [9.17, 15) is 9.59 Å². The third-order valence-corrected chi connectivity index (χ3v) is 4.61. The number of hydrogen-bond acceptors (Lipinski definition) is 4. The summed E-state index contributed by atoms with van der Waals surface area (Å²) in [4.78, 5) is 29.3. The molecule has 1 aliphatic rings. The number of carbonyl (C=O) groups excluding carboxylic acids is 1. The monoisotopic (exact) mass is 353 g/mol. The fourth-order valence-corrected chi connectivity index (χ4v) is 3.38. The largest absolute Gasteiger partial charge is 0.478 e. The van der Waals surface area contributed by atoms with Crippen LogP contribution in [0.1, 0.15) is 53.1 Å². The predicted molar refractivity (Wildman–Crippen MR) is 97.5 cm³/mol. The SMILES string of the molecule is CC(=O)NCc1cccc([C@H]2CCCN2Cc2cccc(C(=O)O)c2)n1. The van der Waals surface area contributed by atoms with E-state index in [0.717, 1.165) is 36.3 Å². The lowest BCUT2D eigenvalue weighted by atomic mass is 10.1. The summed E-state index contributed by atoms with van der Waals surface area (Å²) in [5, 5.41) is 11.9. The van der Waals surface area contributed by atoms with E-state index in [1.165, 1.54) is 6.92 Å². The van der Waals surface area contributed by atoms with Gasteiger partial charge in [-0.05, 0) is 49.2 Å². The van der Waals surface area contributed by atoms with Gasteiger partial charge >= 0.3 is 5.97 Å². The summed E-state index contributed by atoms with van der Waals surface area (Å²) in [6, 6.07) is 13.2. The molecule has 136 valence electrons. The third-order valence-electron chi connectivity index (χ3n) is 4.61. The molecule has 1 fully saturated rings. The number of hydrogen-bond donors (Lipinski definition) is 2. The molecule has 0 aliphatic carbocycles. The van der Waals surface area contributed by atoms with Gasteiger partial charge in [0.2, 0.25) is 5.91 Å². The van der Waals surface area contributed by atoms with Crippen molar-refractivity contribution in [2.24, 2.45) is 0 Å². The highest BCUT2D eigenvalue weighted by molar-refractivity contribution is 5.87. The average Bonchev–Trinajstić information content (AvgIpc) is 3.08. The number of aromatic carboxylic acids is 1. The molecule has 0 bridgehead atoms. The second-order valence-corrected chi connectivity index (χ2v) is 6.60. The van der Waals surface area contributed by atoms with Crippen molar-refractivity contribution in [3.8, 4) is 0 Å². The highest BCUT2D eigenvalue weighted by Crippen LogP contribution is 2.32. The number of carboxylic acid groups (broad SMARTS) is 1. The van der Waals surface area contributed by atoms with Crippen molar-refractivity contribution in [1.29, 1.82) is 0 Å². The van der Waals surface area contributed by atoms with Crippen LogP contribution in [0.2, 0.25) is 0 Å². The first-order valence-electron chi connectivity index (χ1n) is 8.79. The van der Waals surface area contributed by atoms with Crippen molar-refractivity contribution in [3.63, 3.8) is 0 Å². The summed E-state index contributed by atoms with van der Waals surface area (Å²) < 4.78 is 0. The van der Waals surface area contributed by atoms with Gasteiger partial charge in [-0.15, -0.1) is 0 Å². The van der Waals surface area contributed by atoms with Gasteiger partial charge in [0.25, 0.3) is 0 Å². The van der Waals surface area contributed by atoms with Gasteiger partial charge in [-0.1, -0.05) is 18.2 Å². The third kappa shape index (κ3) is 4.46. The molecule has 6 heteroatoms. The summed E-state index contributed by atoms with van der Waals surface area (Å²) in [5.41, 5.74) is 3.15. The number of nitrogens with one attached hydrogen (secondary N) is 1. The summed E-state index contributed by atoms with van der Waals surface area (Å²) in [6.07, 6.45) is 2.11. The highest BCUT2D eigenvalue weighted by Gasteiger charge is 2.27. The number of carbonyl (C=O) groups is 2. The lowest BCUT2D eigenvalue weighted by Gasteiger charge is -2.24. The van der Waals surface area contributed by atoms with Gasteiger partial charge in [-0.25, -0.2) is 4.79 Å². The van der Waals surface area contributed by atoms with Crippen LogP contribution in [0, 0.1) is 0 Å². The van der Waals surface area contributed by atoms with E-state index in [1.54, 1.807) is 18.2 Å². The zero-order valence-corrected chi connectivity index (χ0v) is 14.8. The number of pyridine rings is 1. The number of likely N-dealkylation sites (tertiary alicyclic amines) is 1. The van der Waals surface area contributed by atoms with E-state index in [-0.39, 0.29) is 11.9 Å². The zero-order chi connectivity index (χ0) is 18.5. The molecule has 1 aromatic heterocycles.